The van der Waals surface area contributed by atoms with Crippen LogP contribution in [0.3, 0.4) is 0 Å². The van der Waals surface area contributed by atoms with Crippen molar-refractivity contribution in [1.29, 1.82) is 0 Å². The van der Waals surface area contributed by atoms with Gasteiger partial charge in [-0.05, 0) is 67.9 Å². The van der Waals surface area contributed by atoms with Crippen LogP contribution in [-0.2, 0) is 32.6 Å². The highest BCUT2D eigenvalue weighted by molar-refractivity contribution is 7.92. The first kappa shape index (κ1) is 33.0. The molecule has 0 aromatic heterocycles. The van der Waals surface area contributed by atoms with Crippen molar-refractivity contribution in [3.8, 4) is 0 Å². The van der Waals surface area contributed by atoms with Gasteiger partial charge in [0.2, 0.25) is 11.8 Å². The fraction of sp³-hybridized carbons (Fsp3) is 0.212. The predicted molar refractivity (Wildman–Crippen MR) is 172 cm³/mol. The van der Waals surface area contributed by atoms with Gasteiger partial charge < -0.3 is 10.2 Å². The summed E-state index contributed by atoms with van der Waals surface area (Å²) in [6, 6.07) is 25.3. The maximum Gasteiger partial charge on any atom is 0.264 e. The summed E-state index contributed by atoms with van der Waals surface area (Å²) in [7, 11) is -4.33. The van der Waals surface area contributed by atoms with Gasteiger partial charge in [0.15, 0.2) is 0 Å². The number of amides is 2. The van der Waals surface area contributed by atoms with Crippen molar-refractivity contribution in [2.24, 2.45) is 0 Å². The number of hydrogen-bond donors (Lipinski definition) is 1. The molecule has 4 rings (SSSR count). The molecule has 0 radical (unpaired) electrons. The third kappa shape index (κ3) is 8.37. The molecule has 2 amide bonds. The Kier molecular flexibility index (Phi) is 11.0. The van der Waals surface area contributed by atoms with E-state index in [2.05, 4.69) is 5.32 Å². The minimum atomic E-state index is -4.33. The Balaban J connectivity index is 1.82. The summed E-state index contributed by atoms with van der Waals surface area (Å²) in [5.74, 6) is -1.73. The molecule has 0 saturated heterocycles. The first-order chi connectivity index (χ1) is 21.0. The van der Waals surface area contributed by atoms with Gasteiger partial charge in [-0.25, -0.2) is 12.8 Å². The maximum absolute atomic E-state index is 15.0. The third-order valence-corrected chi connectivity index (χ3v) is 9.05. The molecule has 11 heteroatoms. The fourth-order valence-electron chi connectivity index (χ4n) is 4.64. The van der Waals surface area contributed by atoms with Crippen molar-refractivity contribution in [1.82, 2.24) is 10.2 Å². The van der Waals surface area contributed by atoms with Gasteiger partial charge >= 0.3 is 0 Å². The monoisotopic (exact) mass is 655 g/mol. The van der Waals surface area contributed by atoms with Gasteiger partial charge in [-0.15, -0.1) is 0 Å². The molecule has 0 unspecified atom stereocenters. The number of rotatable bonds is 12. The zero-order chi connectivity index (χ0) is 31.9. The predicted octanol–water partition coefficient (Wildman–Crippen LogP) is 6.49. The van der Waals surface area contributed by atoms with Crippen LogP contribution in [0.25, 0.3) is 0 Å². The summed E-state index contributed by atoms with van der Waals surface area (Å²) in [6.07, 6.45) is 0.112. The van der Waals surface area contributed by atoms with Crippen LogP contribution in [0.2, 0.25) is 10.0 Å². The molecule has 230 valence electrons. The lowest BCUT2D eigenvalue weighted by Crippen LogP contribution is -2.54. The van der Waals surface area contributed by atoms with E-state index in [1.807, 2.05) is 30.3 Å². The van der Waals surface area contributed by atoms with Crippen LogP contribution < -0.4 is 9.62 Å². The van der Waals surface area contributed by atoms with Crippen molar-refractivity contribution >= 4 is 50.7 Å². The molecule has 0 fully saturated rings. The molecule has 0 aliphatic rings. The summed E-state index contributed by atoms with van der Waals surface area (Å²) in [4.78, 5) is 29.1. The van der Waals surface area contributed by atoms with E-state index >= 15 is 0 Å². The van der Waals surface area contributed by atoms with Crippen molar-refractivity contribution in [2.75, 3.05) is 10.8 Å². The van der Waals surface area contributed by atoms with E-state index in [9.17, 15) is 22.4 Å². The molecular weight excluding hydrogens is 624 g/mol. The molecule has 7 nitrogen and oxygen atoms in total. The van der Waals surface area contributed by atoms with Gasteiger partial charge in [0.05, 0.1) is 10.6 Å². The van der Waals surface area contributed by atoms with E-state index < -0.39 is 40.2 Å². The minimum absolute atomic E-state index is 0.103. The number of carbonyl (C=O) groups is 2. The molecule has 0 aliphatic carbocycles. The average molecular weight is 657 g/mol. The standard InChI is InChI=1S/C33H32Cl2FN3O4S/c1-23(2)37-33(41)31(19-24-9-4-3-5-10-24)38(21-25-11-6-7-14-30(25)36)32(40)22-39(28-13-8-12-27(35)20-28)44(42,43)29-17-15-26(34)16-18-29/h3-18,20,23,31H,19,21-22H2,1-2H3,(H,37,41)/t31-/m0/s1. The number of carbonyl (C=O) groups excluding carboxylic acids is 2. The Morgan fingerprint density at radius 3 is 2.14 bits per heavy atom. The minimum Gasteiger partial charge on any atom is -0.352 e. The highest BCUT2D eigenvalue weighted by Crippen LogP contribution is 2.28. The zero-order valence-corrected chi connectivity index (χ0v) is 26.5. The quantitative estimate of drug-likeness (QED) is 0.189. The molecule has 4 aromatic carbocycles. The highest BCUT2D eigenvalue weighted by atomic mass is 35.5. The van der Waals surface area contributed by atoms with Gasteiger partial charge in [-0.3, -0.25) is 13.9 Å². The molecule has 0 bridgehead atoms. The van der Waals surface area contributed by atoms with Crippen LogP contribution >= 0.6 is 23.2 Å². The SMILES string of the molecule is CC(C)NC(=O)[C@H](Cc1ccccc1)N(Cc1ccccc1F)C(=O)CN(c1cccc(Cl)c1)S(=O)(=O)c1ccc(Cl)cc1. The Labute approximate surface area is 267 Å². The first-order valence-electron chi connectivity index (χ1n) is 13.9. The number of anilines is 1. The Morgan fingerprint density at radius 2 is 1.50 bits per heavy atom. The molecule has 44 heavy (non-hydrogen) atoms. The lowest BCUT2D eigenvalue weighted by atomic mass is 10.0. The summed E-state index contributed by atoms with van der Waals surface area (Å²) in [5.41, 5.74) is 1.08. The van der Waals surface area contributed by atoms with E-state index in [1.54, 1.807) is 32.0 Å². The Bertz CT molecular complexity index is 1700. The normalized spacial score (nSPS) is 12.0. The Hall–Kier alpha value is -3.92. The van der Waals surface area contributed by atoms with E-state index in [0.717, 1.165) is 9.87 Å². The van der Waals surface area contributed by atoms with Crippen LogP contribution in [-0.4, -0.2) is 43.8 Å². The second kappa shape index (κ2) is 14.7. The lowest BCUT2D eigenvalue weighted by molar-refractivity contribution is -0.140. The average Bonchev–Trinajstić information content (AvgIpc) is 2.98. The number of halogens is 3. The molecule has 0 spiro atoms. The first-order valence-corrected chi connectivity index (χ1v) is 16.1. The van der Waals surface area contributed by atoms with E-state index in [1.165, 1.54) is 59.5 Å². The second-order valence-corrected chi connectivity index (χ2v) is 13.2. The molecule has 1 N–H and O–H groups in total. The van der Waals surface area contributed by atoms with Crippen LogP contribution in [0.4, 0.5) is 10.1 Å². The zero-order valence-electron chi connectivity index (χ0n) is 24.2. The highest BCUT2D eigenvalue weighted by Gasteiger charge is 2.35. The maximum atomic E-state index is 15.0. The van der Waals surface area contributed by atoms with Crippen molar-refractivity contribution in [3.63, 3.8) is 0 Å². The number of nitrogens with zero attached hydrogens (tertiary/aromatic N) is 2. The van der Waals surface area contributed by atoms with Gasteiger partial charge in [0, 0.05) is 34.6 Å². The van der Waals surface area contributed by atoms with Crippen LogP contribution in [0.1, 0.15) is 25.0 Å². The smallest absolute Gasteiger partial charge is 0.264 e. The third-order valence-electron chi connectivity index (χ3n) is 6.78. The summed E-state index contributed by atoms with van der Waals surface area (Å²) >= 11 is 12.2. The van der Waals surface area contributed by atoms with Crippen LogP contribution in [0.5, 0.6) is 0 Å². The van der Waals surface area contributed by atoms with Gasteiger partial charge in [0.1, 0.15) is 18.4 Å². The molecular formula is C33H32Cl2FN3O4S. The molecule has 0 heterocycles. The summed E-state index contributed by atoms with van der Waals surface area (Å²) < 4.78 is 43.9. The number of hydrogen-bond acceptors (Lipinski definition) is 4. The second-order valence-electron chi connectivity index (χ2n) is 10.4. The Morgan fingerprint density at radius 1 is 0.841 bits per heavy atom. The number of nitrogens with one attached hydrogen (secondary N) is 1. The van der Waals surface area contributed by atoms with Crippen molar-refractivity contribution < 1.29 is 22.4 Å². The molecule has 4 aromatic rings. The molecule has 0 aliphatic heterocycles. The summed E-state index contributed by atoms with van der Waals surface area (Å²) in [5, 5.41) is 3.46. The van der Waals surface area contributed by atoms with Crippen molar-refractivity contribution in [3.05, 3.63) is 130 Å². The van der Waals surface area contributed by atoms with Crippen LogP contribution in [0, 0.1) is 5.82 Å². The van der Waals surface area contributed by atoms with Crippen LogP contribution in [0.15, 0.2) is 108 Å². The topological polar surface area (TPSA) is 86.8 Å². The van der Waals surface area contributed by atoms with E-state index in [4.69, 9.17) is 23.2 Å². The molecule has 1 atom stereocenters. The fourth-order valence-corrected chi connectivity index (χ4v) is 6.36. The van der Waals surface area contributed by atoms with E-state index in [0.29, 0.717) is 5.02 Å². The van der Waals surface area contributed by atoms with Gasteiger partial charge in [-0.2, -0.15) is 0 Å². The molecule has 0 saturated carbocycles. The van der Waals surface area contributed by atoms with Crippen molar-refractivity contribution in [2.45, 2.75) is 43.8 Å². The van der Waals surface area contributed by atoms with E-state index in [-0.39, 0.29) is 40.2 Å². The number of benzene rings is 4. The number of sulfonamides is 1. The van der Waals surface area contributed by atoms with Gasteiger partial charge in [-0.1, -0.05) is 77.8 Å². The lowest BCUT2D eigenvalue weighted by Gasteiger charge is -2.34. The van der Waals surface area contributed by atoms with Gasteiger partial charge in [0.25, 0.3) is 10.0 Å². The summed E-state index contributed by atoms with van der Waals surface area (Å²) in [6.45, 7) is 2.61. The largest absolute Gasteiger partial charge is 0.352 e.